The molecule has 0 spiro atoms. The summed E-state index contributed by atoms with van der Waals surface area (Å²) in [4.78, 5) is 11.8. The van der Waals surface area contributed by atoms with Gasteiger partial charge in [-0.3, -0.25) is 4.79 Å². The van der Waals surface area contributed by atoms with Gasteiger partial charge in [-0.05, 0) is 32.3 Å². The van der Waals surface area contributed by atoms with Crippen LogP contribution in [0, 0.1) is 5.41 Å². The highest BCUT2D eigenvalue weighted by Crippen LogP contribution is 2.37. The van der Waals surface area contributed by atoms with Crippen LogP contribution in [0.1, 0.15) is 25.8 Å². The number of carbonyl (C=O) groups excluding carboxylic acids is 1. The Bertz CT molecular complexity index is 505. The van der Waals surface area contributed by atoms with Gasteiger partial charge < -0.3 is 4.74 Å². The second kappa shape index (κ2) is 6.80. The topological polar surface area (TPSA) is 26.3 Å². The first kappa shape index (κ1) is 19.3. The molecule has 0 amide bonds. The van der Waals surface area contributed by atoms with E-state index in [-0.39, 0.29) is 6.42 Å². The number of hydrogen-bond acceptors (Lipinski definition) is 2. The summed E-state index contributed by atoms with van der Waals surface area (Å²) in [5.41, 5.74) is -0.665. The summed E-state index contributed by atoms with van der Waals surface area (Å²) in [5.74, 6) is -1.53. The van der Waals surface area contributed by atoms with Gasteiger partial charge in [0.25, 0.3) is 6.10 Å². The maximum absolute atomic E-state index is 12.4. The zero-order valence-electron chi connectivity index (χ0n) is 12.5. The van der Waals surface area contributed by atoms with Gasteiger partial charge in [0.15, 0.2) is 0 Å². The molecule has 2 nitrogen and oxygen atoms in total. The zero-order valence-corrected chi connectivity index (χ0v) is 12.5. The van der Waals surface area contributed by atoms with Gasteiger partial charge in [-0.25, -0.2) is 0 Å². The largest absolute Gasteiger partial charge is 0.442 e. The zero-order chi connectivity index (χ0) is 17.9. The molecule has 0 aromatic heterocycles. The third kappa shape index (κ3) is 5.76. The van der Waals surface area contributed by atoms with Gasteiger partial charge in [-0.1, -0.05) is 30.3 Å². The number of aryl methyl sites for hydroxylation is 1. The molecule has 0 aliphatic rings. The lowest BCUT2D eigenvalue weighted by molar-refractivity contribution is -0.315. The van der Waals surface area contributed by atoms with Crippen LogP contribution in [0.4, 0.5) is 26.3 Å². The highest BCUT2D eigenvalue weighted by Gasteiger charge is 2.60. The number of alkyl halides is 6. The summed E-state index contributed by atoms with van der Waals surface area (Å²) in [6.45, 7) is 2.50. The molecule has 23 heavy (non-hydrogen) atoms. The number of benzene rings is 1. The molecule has 1 aromatic carbocycles. The van der Waals surface area contributed by atoms with Crippen LogP contribution in [-0.4, -0.2) is 24.4 Å². The van der Waals surface area contributed by atoms with Gasteiger partial charge in [0.05, 0.1) is 5.41 Å². The molecule has 0 fully saturated rings. The minimum absolute atomic E-state index is 0.0539. The van der Waals surface area contributed by atoms with E-state index in [2.05, 4.69) is 4.74 Å². The van der Waals surface area contributed by atoms with Crippen molar-refractivity contribution in [2.45, 2.75) is 45.1 Å². The summed E-state index contributed by atoms with van der Waals surface area (Å²) in [5, 5.41) is 0. The van der Waals surface area contributed by atoms with Crippen LogP contribution < -0.4 is 0 Å². The third-order valence-corrected chi connectivity index (χ3v) is 3.25. The van der Waals surface area contributed by atoms with Crippen molar-refractivity contribution >= 4 is 5.97 Å². The van der Waals surface area contributed by atoms with Gasteiger partial charge in [-0.2, -0.15) is 26.3 Å². The van der Waals surface area contributed by atoms with E-state index < -0.39 is 29.8 Å². The molecular formula is C15H16F6O2. The number of ether oxygens (including phenoxy) is 1. The molecule has 0 aliphatic carbocycles. The summed E-state index contributed by atoms with van der Waals surface area (Å²) < 4.78 is 78.3. The smallest absolute Gasteiger partial charge is 0.434 e. The SMILES string of the molecule is CC(C)(CCc1ccccc1)C(=O)OC(C(F)(F)F)C(F)(F)F. The second-order valence-corrected chi connectivity index (χ2v) is 5.74. The molecule has 0 N–H and O–H groups in total. The predicted molar refractivity (Wildman–Crippen MR) is 70.5 cm³/mol. The Morgan fingerprint density at radius 1 is 1.00 bits per heavy atom. The molecule has 0 radical (unpaired) electrons. The van der Waals surface area contributed by atoms with Crippen molar-refractivity contribution in [3.63, 3.8) is 0 Å². The van der Waals surface area contributed by atoms with Crippen molar-refractivity contribution in [1.82, 2.24) is 0 Å². The fourth-order valence-electron chi connectivity index (χ4n) is 1.79. The first-order chi connectivity index (χ1) is 10.3. The van der Waals surface area contributed by atoms with E-state index in [0.717, 1.165) is 5.56 Å². The lowest BCUT2D eigenvalue weighted by atomic mass is 9.86. The molecule has 1 aromatic rings. The molecular weight excluding hydrogens is 326 g/mol. The molecule has 0 heterocycles. The van der Waals surface area contributed by atoms with Crippen LogP contribution in [0.25, 0.3) is 0 Å². The Kier molecular flexibility index (Phi) is 5.71. The Morgan fingerprint density at radius 2 is 1.48 bits per heavy atom. The van der Waals surface area contributed by atoms with Gasteiger partial charge in [0, 0.05) is 0 Å². The van der Waals surface area contributed by atoms with Crippen LogP contribution in [0.3, 0.4) is 0 Å². The molecule has 0 aliphatic heterocycles. The average molecular weight is 342 g/mol. The molecule has 0 unspecified atom stereocenters. The van der Waals surface area contributed by atoms with Gasteiger partial charge in [-0.15, -0.1) is 0 Å². The third-order valence-electron chi connectivity index (χ3n) is 3.25. The van der Waals surface area contributed by atoms with Crippen molar-refractivity contribution in [1.29, 1.82) is 0 Å². The Balaban J connectivity index is 2.77. The van der Waals surface area contributed by atoms with Crippen molar-refractivity contribution in [2.24, 2.45) is 5.41 Å². The van der Waals surface area contributed by atoms with E-state index in [9.17, 15) is 31.1 Å². The predicted octanol–water partition coefficient (Wildman–Crippen LogP) is 4.68. The monoisotopic (exact) mass is 342 g/mol. The van der Waals surface area contributed by atoms with Gasteiger partial charge in [0.2, 0.25) is 0 Å². The maximum atomic E-state index is 12.4. The minimum atomic E-state index is -5.70. The van der Waals surface area contributed by atoms with E-state index >= 15 is 0 Å². The van der Waals surface area contributed by atoms with Gasteiger partial charge >= 0.3 is 18.3 Å². The van der Waals surface area contributed by atoms with Crippen molar-refractivity contribution in [2.75, 3.05) is 0 Å². The quantitative estimate of drug-likeness (QED) is 0.574. The Labute approximate surface area is 129 Å². The molecule has 0 atom stereocenters. The fourth-order valence-corrected chi connectivity index (χ4v) is 1.79. The molecule has 1 rings (SSSR count). The first-order valence-corrected chi connectivity index (χ1v) is 6.72. The molecule has 0 bridgehead atoms. The van der Waals surface area contributed by atoms with Crippen LogP contribution in [0.2, 0.25) is 0 Å². The van der Waals surface area contributed by atoms with E-state index in [1.807, 2.05) is 0 Å². The van der Waals surface area contributed by atoms with E-state index in [1.54, 1.807) is 30.3 Å². The maximum Gasteiger partial charge on any atom is 0.434 e. The summed E-state index contributed by atoms with van der Waals surface area (Å²) >= 11 is 0. The Morgan fingerprint density at radius 3 is 1.91 bits per heavy atom. The van der Waals surface area contributed by atoms with Crippen LogP contribution >= 0.6 is 0 Å². The number of rotatable bonds is 5. The Hall–Kier alpha value is -1.73. The number of carbonyl (C=O) groups is 1. The molecule has 130 valence electrons. The fraction of sp³-hybridized carbons (Fsp3) is 0.533. The molecule has 8 heteroatoms. The normalized spacial score (nSPS) is 13.3. The standard InChI is InChI=1S/C15H16F6O2/c1-13(2,9-8-10-6-4-3-5-7-10)12(22)23-11(14(16,17)18)15(19,20)21/h3-7,11H,8-9H2,1-2H3. The summed E-state index contributed by atoms with van der Waals surface area (Å²) in [6.07, 6.45) is -15.1. The minimum Gasteiger partial charge on any atom is -0.442 e. The first-order valence-electron chi connectivity index (χ1n) is 6.72. The van der Waals surface area contributed by atoms with Crippen molar-refractivity contribution < 1.29 is 35.9 Å². The second-order valence-electron chi connectivity index (χ2n) is 5.74. The van der Waals surface area contributed by atoms with E-state index in [1.165, 1.54) is 13.8 Å². The summed E-state index contributed by atoms with van der Waals surface area (Å²) in [6, 6.07) is 8.74. The van der Waals surface area contributed by atoms with Crippen LogP contribution in [0.15, 0.2) is 30.3 Å². The summed E-state index contributed by atoms with van der Waals surface area (Å²) in [7, 11) is 0. The number of esters is 1. The van der Waals surface area contributed by atoms with E-state index in [4.69, 9.17) is 0 Å². The van der Waals surface area contributed by atoms with Crippen molar-refractivity contribution in [3.8, 4) is 0 Å². The van der Waals surface area contributed by atoms with Crippen molar-refractivity contribution in [3.05, 3.63) is 35.9 Å². The average Bonchev–Trinajstić information content (AvgIpc) is 2.41. The number of hydrogen-bond donors (Lipinski definition) is 0. The highest BCUT2D eigenvalue weighted by molar-refractivity contribution is 5.76. The highest BCUT2D eigenvalue weighted by atomic mass is 19.4. The van der Waals surface area contributed by atoms with Gasteiger partial charge in [0.1, 0.15) is 0 Å². The molecule has 0 saturated heterocycles. The van der Waals surface area contributed by atoms with E-state index in [0.29, 0.717) is 6.42 Å². The van der Waals surface area contributed by atoms with Crippen LogP contribution in [0.5, 0.6) is 0 Å². The number of halogens is 6. The lowest BCUT2D eigenvalue weighted by Gasteiger charge is -2.28. The lowest BCUT2D eigenvalue weighted by Crippen LogP contribution is -2.47. The molecule has 0 saturated carbocycles. The van der Waals surface area contributed by atoms with Crippen LogP contribution in [-0.2, 0) is 16.0 Å².